The fourth-order valence-corrected chi connectivity index (χ4v) is 2.36. The number of nitrogens with one attached hydrogen (secondary N) is 1. The van der Waals surface area contributed by atoms with Gasteiger partial charge in [0.15, 0.2) is 6.29 Å². The van der Waals surface area contributed by atoms with E-state index in [0.717, 1.165) is 0 Å². The molecule has 5 atom stereocenters. The van der Waals surface area contributed by atoms with E-state index in [1.807, 2.05) is 0 Å². The van der Waals surface area contributed by atoms with E-state index in [9.17, 15) is 9.90 Å². The quantitative estimate of drug-likeness (QED) is 0.432. The third-order valence-corrected chi connectivity index (χ3v) is 3.22. The Kier molecular flexibility index (Phi) is 8.89. The van der Waals surface area contributed by atoms with Gasteiger partial charge in [-0.3, -0.25) is 4.79 Å². The van der Waals surface area contributed by atoms with Gasteiger partial charge in [0.05, 0.1) is 6.61 Å². The van der Waals surface area contributed by atoms with Gasteiger partial charge in [-0.05, 0) is 0 Å². The van der Waals surface area contributed by atoms with Gasteiger partial charge < -0.3 is 29.4 Å². The first-order chi connectivity index (χ1) is 11.5. The summed E-state index contributed by atoms with van der Waals surface area (Å²) >= 11 is 0. The van der Waals surface area contributed by atoms with Crippen LogP contribution in [0.3, 0.4) is 0 Å². The Balaban J connectivity index is 2.98. The van der Waals surface area contributed by atoms with Crippen LogP contribution < -0.4 is 5.32 Å². The summed E-state index contributed by atoms with van der Waals surface area (Å²) < 4.78 is 21.9. The maximum absolute atomic E-state index is 11.4. The van der Waals surface area contributed by atoms with E-state index in [2.05, 4.69) is 23.1 Å². The molecule has 7 nitrogen and oxygen atoms in total. The smallest absolute Gasteiger partial charge is 0.217 e. The number of rotatable bonds is 8. The lowest BCUT2D eigenvalue weighted by molar-refractivity contribution is -0.269. The molecule has 1 rings (SSSR count). The molecule has 1 saturated heterocycles. The van der Waals surface area contributed by atoms with E-state index in [0.29, 0.717) is 0 Å². The molecule has 0 aromatic rings. The average molecular weight is 335 g/mol. The van der Waals surface area contributed by atoms with Crippen molar-refractivity contribution in [3.05, 3.63) is 0 Å². The predicted octanol–water partition coefficient (Wildman–Crippen LogP) is -1.11. The first kappa shape index (κ1) is 20.0. The first-order valence-electron chi connectivity index (χ1n) is 7.27. The Morgan fingerprint density at radius 2 is 1.71 bits per heavy atom. The second-order valence-corrected chi connectivity index (χ2v) is 4.97. The van der Waals surface area contributed by atoms with Gasteiger partial charge >= 0.3 is 0 Å². The van der Waals surface area contributed by atoms with Crippen molar-refractivity contribution in [2.75, 3.05) is 26.4 Å². The normalized spacial score (nSPS) is 29.0. The van der Waals surface area contributed by atoms with Gasteiger partial charge in [0.2, 0.25) is 5.91 Å². The van der Waals surface area contributed by atoms with Crippen molar-refractivity contribution in [2.45, 2.75) is 37.6 Å². The van der Waals surface area contributed by atoms with E-state index in [4.69, 9.17) is 38.2 Å². The summed E-state index contributed by atoms with van der Waals surface area (Å²) in [6, 6.07) is -0.873. The molecule has 1 amide bonds. The zero-order chi connectivity index (χ0) is 17.9. The van der Waals surface area contributed by atoms with Gasteiger partial charge in [0.25, 0.3) is 0 Å². The van der Waals surface area contributed by atoms with Crippen LogP contribution in [-0.2, 0) is 23.7 Å². The van der Waals surface area contributed by atoms with Crippen molar-refractivity contribution in [3.8, 4) is 37.0 Å². The SMILES string of the molecule is C#CCOC[C@H]1O[C@@H](O)[C@H](NC(C)=O)[C@@H](OCC#C)[C@@H]1OCC#C. The number of carbonyl (C=O) groups is 1. The molecule has 0 radical (unpaired) electrons. The van der Waals surface area contributed by atoms with Crippen LogP contribution in [-0.4, -0.2) is 68.1 Å². The molecule has 1 heterocycles. The zero-order valence-electron chi connectivity index (χ0n) is 13.4. The number of hydrogen-bond acceptors (Lipinski definition) is 6. The van der Waals surface area contributed by atoms with Gasteiger partial charge in [-0.25, -0.2) is 0 Å². The monoisotopic (exact) mass is 335 g/mol. The molecule has 2 N–H and O–H groups in total. The summed E-state index contributed by atoms with van der Waals surface area (Å²) in [7, 11) is 0. The van der Waals surface area contributed by atoms with Gasteiger partial charge in [-0.1, -0.05) is 17.8 Å². The standard InChI is InChI=1S/C17H21NO6/c1-5-8-21-11-13-15(22-9-6-2)16(23-10-7-3)14(17(20)24-13)18-12(4)19/h1-3,13-17,20H,8-11H2,4H3,(H,18,19)/t13-,14-,15-,16-,17-/m1/s1. The third kappa shape index (κ3) is 5.86. The average Bonchev–Trinajstić information content (AvgIpc) is 2.54. The van der Waals surface area contributed by atoms with Crippen LogP contribution in [0.2, 0.25) is 0 Å². The topological polar surface area (TPSA) is 86.2 Å². The number of ether oxygens (including phenoxy) is 4. The van der Waals surface area contributed by atoms with Crippen molar-refractivity contribution in [1.82, 2.24) is 5.32 Å². The minimum absolute atomic E-state index is 0.0154. The second-order valence-electron chi connectivity index (χ2n) is 4.97. The lowest BCUT2D eigenvalue weighted by Gasteiger charge is -2.44. The van der Waals surface area contributed by atoms with Crippen LogP contribution in [0.4, 0.5) is 0 Å². The van der Waals surface area contributed by atoms with Crippen LogP contribution in [0.1, 0.15) is 6.92 Å². The van der Waals surface area contributed by atoms with Crippen LogP contribution in [0.15, 0.2) is 0 Å². The molecule has 0 aliphatic carbocycles. The fraction of sp³-hybridized carbons (Fsp3) is 0.588. The largest absolute Gasteiger partial charge is 0.366 e. The minimum atomic E-state index is -1.33. The van der Waals surface area contributed by atoms with Gasteiger partial charge in [0, 0.05) is 6.92 Å². The van der Waals surface area contributed by atoms with Crippen molar-refractivity contribution in [3.63, 3.8) is 0 Å². The highest BCUT2D eigenvalue weighted by Gasteiger charge is 2.47. The number of aliphatic hydroxyl groups is 1. The van der Waals surface area contributed by atoms with Gasteiger partial charge in [0.1, 0.15) is 44.2 Å². The summed E-state index contributed by atoms with van der Waals surface area (Å²) in [6.45, 7) is 1.38. The van der Waals surface area contributed by atoms with Crippen LogP contribution in [0, 0.1) is 37.0 Å². The molecule has 0 bridgehead atoms. The molecular weight excluding hydrogens is 314 g/mol. The molecule has 0 aromatic carbocycles. The van der Waals surface area contributed by atoms with Crippen LogP contribution >= 0.6 is 0 Å². The van der Waals surface area contributed by atoms with Crippen molar-refractivity contribution in [1.29, 1.82) is 0 Å². The summed E-state index contributed by atoms with van der Waals surface area (Å²) in [5, 5.41) is 12.8. The molecule has 130 valence electrons. The zero-order valence-corrected chi connectivity index (χ0v) is 13.4. The summed E-state index contributed by atoms with van der Waals surface area (Å²) in [5.74, 6) is 6.65. The number of amides is 1. The third-order valence-electron chi connectivity index (χ3n) is 3.22. The molecule has 0 unspecified atom stereocenters. The lowest BCUT2D eigenvalue weighted by atomic mass is 9.96. The molecule has 7 heteroatoms. The number of hydrogen-bond donors (Lipinski definition) is 2. The van der Waals surface area contributed by atoms with E-state index >= 15 is 0 Å². The molecular formula is C17H21NO6. The number of aliphatic hydroxyl groups excluding tert-OH is 1. The Morgan fingerprint density at radius 1 is 1.12 bits per heavy atom. The minimum Gasteiger partial charge on any atom is -0.366 e. The summed E-state index contributed by atoms with van der Waals surface area (Å²) in [5.41, 5.74) is 0. The highest BCUT2D eigenvalue weighted by Crippen LogP contribution is 2.25. The van der Waals surface area contributed by atoms with E-state index < -0.39 is 30.6 Å². The van der Waals surface area contributed by atoms with Gasteiger partial charge in [-0.2, -0.15) is 0 Å². The first-order valence-corrected chi connectivity index (χ1v) is 7.27. The molecule has 1 aliphatic heterocycles. The maximum atomic E-state index is 11.4. The maximum Gasteiger partial charge on any atom is 0.217 e. The summed E-state index contributed by atoms with van der Waals surface area (Å²) in [4.78, 5) is 11.4. The number of terminal acetylenes is 3. The van der Waals surface area contributed by atoms with Crippen molar-refractivity contribution in [2.24, 2.45) is 0 Å². The molecule has 0 saturated carbocycles. The van der Waals surface area contributed by atoms with Gasteiger partial charge in [-0.15, -0.1) is 19.3 Å². The van der Waals surface area contributed by atoms with E-state index in [1.54, 1.807) is 0 Å². The van der Waals surface area contributed by atoms with E-state index in [-0.39, 0.29) is 32.3 Å². The molecule has 0 spiro atoms. The highest BCUT2D eigenvalue weighted by molar-refractivity contribution is 5.73. The fourth-order valence-electron chi connectivity index (χ4n) is 2.36. The summed E-state index contributed by atoms with van der Waals surface area (Å²) in [6.07, 6.45) is 12.1. The van der Waals surface area contributed by atoms with Crippen LogP contribution in [0.25, 0.3) is 0 Å². The van der Waals surface area contributed by atoms with Crippen LogP contribution in [0.5, 0.6) is 0 Å². The predicted molar refractivity (Wildman–Crippen MR) is 85.3 cm³/mol. The Labute approximate surface area is 142 Å². The van der Waals surface area contributed by atoms with E-state index in [1.165, 1.54) is 6.92 Å². The number of carbonyl (C=O) groups excluding carboxylic acids is 1. The van der Waals surface area contributed by atoms with Crippen molar-refractivity contribution >= 4 is 5.91 Å². The molecule has 1 fully saturated rings. The molecule has 1 aliphatic rings. The highest BCUT2D eigenvalue weighted by atomic mass is 16.7. The Morgan fingerprint density at radius 3 is 2.25 bits per heavy atom. The molecule has 0 aromatic heterocycles. The Hall–Kier alpha value is -2.05. The molecule has 24 heavy (non-hydrogen) atoms. The second kappa shape index (κ2) is 10.7. The lowest BCUT2D eigenvalue weighted by Crippen LogP contribution is -2.65. The Bertz CT molecular complexity index is 529. The van der Waals surface area contributed by atoms with Crippen molar-refractivity contribution < 1.29 is 28.8 Å².